The van der Waals surface area contributed by atoms with Crippen molar-refractivity contribution >= 4 is 11.9 Å². The fourth-order valence-electron chi connectivity index (χ4n) is 12.6. The fraction of sp³-hybridized carbons (Fsp3) is 0.897. The molecular weight excluding hydrogens is 592 g/mol. The quantitative estimate of drug-likeness (QED) is 0.267. The molecule has 0 aromatic carbocycles. The molecule has 264 valence electrons. The van der Waals surface area contributed by atoms with Gasteiger partial charge >= 0.3 is 11.9 Å². The van der Waals surface area contributed by atoms with E-state index in [-0.39, 0.29) is 48.3 Å². The summed E-state index contributed by atoms with van der Waals surface area (Å²) < 4.78 is 20.8. The number of nitrogens with two attached hydrogens (primary N) is 2. The second kappa shape index (κ2) is 13.3. The maximum atomic E-state index is 13.8. The molecule has 0 aromatic rings. The number of aliphatic hydroxyl groups is 1. The third kappa shape index (κ3) is 5.93. The van der Waals surface area contributed by atoms with Gasteiger partial charge in [-0.1, -0.05) is 44.6 Å². The molecule has 47 heavy (non-hydrogen) atoms. The number of carbonyl (C=O) groups is 2. The van der Waals surface area contributed by atoms with Crippen LogP contribution in [0.3, 0.4) is 0 Å². The summed E-state index contributed by atoms with van der Waals surface area (Å²) in [6.45, 7) is 7.12. The van der Waals surface area contributed by atoms with Gasteiger partial charge in [-0.2, -0.15) is 0 Å². The van der Waals surface area contributed by atoms with Crippen molar-refractivity contribution in [3.63, 3.8) is 0 Å². The van der Waals surface area contributed by atoms with Crippen molar-refractivity contribution in [1.82, 2.24) is 0 Å². The van der Waals surface area contributed by atoms with Gasteiger partial charge in [0.1, 0.15) is 23.5 Å². The largest absolute Gasteiger partial charge is 0.462 e. The van der Waals surface area contributed by atoms with Crippen LogP contribution in [0.2, 0.25) is 0 Å². The molecule has 12 atom stereocenters. The van der Waals surface area contributed by atoms with Gasteiger partial charge in [0.05, 0.1) is 18.6 Å². The Morgan fingerprint density at radius 3 is 2.49 bits per heavy atom. The summed E-state index contributed by atoms with van der Waals surface area (Å²) >= 11 is 0. The Morgan fingerprint density at radius 2 is 1.77 bits per heavy atom. The molecule has 3 aliphatic heterocycles. The minimum absolute atomic E-state index is 0.00000793. The maximum absolute atomic E-state index is 13.8. The summed E-state index contributed by atoms with van der Waals surface area (Å²) in [5, 5.41) is 12.4. The highest BCUT2D eigenvalue weighted by Crippen LogP contribution is 2.65. The highest BCUT2D eigenvalue weighted by Gasteiger charge is 2.70. The number of quaternary nitrogens is 1. The van der Waals surface area contributed by atoms with Crippen molar-refractivity contribution in [1.29, 1.82) is 0 Å². The number of carbonyl (C=O) groups excluding carboxylic acids is 2. The summed E-state index contributed by atoms with van der Waals surface area (Å²) in [7, 11) is 0. The second-order valence-corrected chi connectivity index (χ2v) is 17.4. The van der Waals surface area contributed by atoms with E-state index in [0.29, 0.717) is 47.5 Å². The van der Waals surface area contributed by atoms with E-state index in [1.807, 2.05) is 19.9 Å². The predicted octanol–water partition coefficient (Wildman–Crippen LogP) is 5.16. The number of ether oxygens (including phenoxy) is 3. The maximum Gasteiger partial charge on any atom is 0.334 e. The zero-order valence-corrected chi connectivity index (χ0v) is 29.4. The molecule has 0 amide bonds. The van der Waals surface area contributed by atoms with Crippen LogP contribution < -0.4 is 11.1 Å². The highest BCUT2D eigenvalue weighted by atomic mass is 16.6. The van der Waals surface area contributed by atoms with Gasteiger partial charge in [-0.25, -0.2) is 4.79 Å². The Hall–Kier alpha value is -1.48. The monoisotopic (exact) mass is 655 g/mol. The molecular formula is C39H63N2O6+. The van der Waals surface area contributed by atoms with Gasteiger partial charge in [0, 0.05) is 36.9 Å². The van der Waals surface area contributed by atoms with Crippen LogP contribution in [0.25, 0.3) is 0 Å². The number of esters is 2. The summed E-state index contributed by atoms with van der Waals surface area (Å²) in [6.07, 6.45) is 19.6. The lowest BCUT2D eigenvalue weighted by Gasteiger charge is -2.61. The van der Waals surface area contributed by atoms with Crippen LogP contribution in [0.4, 0.5) is 0 Å². The number of fused-ring (bicyclic) bond motifs is 3. The smallest absolute Gasteiger partial charge is 0.334 e. The highest BCUT2D eigenvalue weighted by molar-refractivity contribution is 5.88. The SMILES string of the molecule is CC=C(C)C(=O)OC1(C)CC2CCCCC2C(C2CCC(N)[NH2+]C2)C12CC1CC3CC(C4(CCO)CCCCC4)C(=O)OC3CC1O2. The van der Waals surface area contributed by atoms with Gasteiger partial charge in [0.2, 0.25) is 0 Å². The summed E-state index contributed by atoms with van der Waals surface area (Å²) in [6, 6.07) is 0. The molecule has 3 heterocycles. The van der Waals surface area contributed by atoms with Crippen LogP contribution in [-0.2, 0) is 23.8 Å². The van der Waals surface area contributed by atoms with Crippen LogP contribution in [0.5, 0.6) is 0 Å². The van der Waals surface area contributed by atoms with Crippen LogP contribution in [0.15, 0.2) is 11.6 Å². The van der Waals surface area contributed by atoms with E-state index >= 15 is 0 Å². The first-order valence-corrected chi connectivity index (χ1v) is 19.6. The Bertz CT molecular complexity index is 1190. The third-order valence-corrected chi connectivity index (χ3v) is 15.0. The van der Waals surface area contributed by atoms with E-state index < -0.39 is 11.2 Å². The molecule has 8 nitrogen and oxygen atoms in total. The van der Waals surface area contributed by atoms with Gasteiger partial charge in [0.15, 0.2) is 0 Å². The average molecular weight is 656 g/mol. The number of aliphatic hydroxyl groups excluding tert-OH is 1. The van der Waals surface area contributed by atoms with Crippen molar-refractivity contribution in [2.75, 3.05) is 13.2 Å². The molecule has 1 spiro atoms. The summed E-state index contributed by atoms with van der Waals surface area (Å²) in [5.74, 6) is 2.18. The van der Waals surface area contributed by atoms with E-state index in [4.69, 9.17) is 19.9 Å². The van der Waals surface area contributed by atoms with Crippen molar-refractivity contribution < 1.29 is 34.2 Å². The minimum atomic E-state index is -0.730. The molecule has 0 radical (unpaired) electrons. The lowest BCUT2D eigenvalue weighted by atomic mass is 9.49. The number of hydrogen-bond acceptors (Lipinski definition) is 7. The molecule has 4 aliphatic carbocycles. The van der Waals surface area contributed by atoms with Crippen LogP contribution >= 0.6 is 0 Å². The van der Waals surface area contributed by atoms with Crippen molar-refractivity contribution in [3.05, 3.63) is 11.6 Å². The van der Waals surface area contributed by atoms with Gasteiger partial charge in [-0.05, 0) is 108 Å². The van der Waals surface area contributed by atoms with E-state index in [2.05, 4.69) is 12.2 Å². The first kappa shape index (κ1) is 34.0. The van der Waals surface area contributed by atoms with Crippen molar-refractivity contribution in [3.8, 4) is 0 Å². The number of hydrogen-bond donors (Lipinski definition) is 3. The van der Waals surface area contributed by atoms with E-state index in [1.165, 1.54) is 32.1 Å². The van der Waals surface area contributed by atoms with Crippen LogP contribution in [0.1, 0.15) is 130 Å². The Balaban J connectivity index is 1.22. The Morgan fingerprint density at radius 1 is 0.979 bits per heavy atom. The summed E-state index contributed by atoms with van der Waals surface area (Å²) in [5.41, 5.74) is 5.65. The van der Waals surface area contributed by atoms with Crippen molar-refractivity contribution in [2.24, 2.45) is 52.6 Å². The molecule has 7 rings (SSSR count). The lowest BCUT2D eigenvalue weighted by molar-refractivity contribution is -0.704. The normalized spacial score (nSPS) is 46.6. The first-order valence-electron chi connectivity index (χ1n) is 19.6. The topological polar surface area (TPSA) is 125 Å². The molecule has 0 bridgehead atoms. The van der Waals surface area contributed by atoms with Gasteiger partial charge in [-0.3, -0.25) is 10.5 Å². The van der Waals surface area contributed by atoms with Gasteiger partial charge in [-0.15, -0.1) is 0 Å². The fourth-order valence-corrected chi connectivity index (χ4v) is 12.6. The molecule has 4 saturated carbocycles. The zero-order valence-electron chi connectivity index (χ0n) is 29.4. The Labute approximate surface area is 282 Å². The first-order chi connectivity index (χ1) is 22.6. The lowest BCUT2D eigenvalue weighted by Crippen LogP contribution is -2.96. The minimum Gasteiger partial charge on any atom is -0.462 e. The second-order valence-electron chi connectivity index (χ2n) is 17.4. The van der Waals surface area contributed by atoms with E-state index in [9.17, 15) is 14.7 Å². The number of piperidine rings is 1. The van der Waals surface area contributed by atoms with Crippen LogP contribution in [0, 0.1) is 46.8 Å². The molecule has 12 unspecified atom stereocenters. The standard InChI is InChI=1S/C39H62N2O6/c1-4-24(2)35(43)47-37(3)21-25-10-6-7-11-29(25)34(26-12-13-33(40)41-23-26)39(37)22-28-18-27-19-30(36(44)45-31(27)20-32(28)46-39)38(16-17-42)14-8-5-9-15-38/h4,25-34,41-42H,5-23,40H2,1-3H3/p+1. The van der Waals surface area contributed by atoms with Gasteiger partial charge in [0.25, 0.3) is 0 Å². The van der Waals surface area contributed by atoms with Gasteiger partial charge < -0.3 is 24.6 Å². The molecule has 7 aliphatic rings. The molecule has 8 heteroatoms. The van der Waals surface area contributed by atoms with E-state index in [1.54, 1.807) is 0 Å². The number of rotatable bonds is 6. The van der Waals surface area contributed by atoms with E-state index in [0.717, 1.165) is 77.2 Å². The van der Waals surface area contributed by atoms with Crippen LogP contribution in [-0.4, -0.2) is 59.8 Å². The average Bonchev–Trinajstić information content (AvgIpc) is 3.44. The Kier molecular flexibility index (Phi) is 9.64. The van der Waals surface area contributed by atoms with Crippen molar-refractivity contribution in [2.45, 2.75) is 160 Å². The number of allylic oxidation sites excluding steroid dienone is 1. The predicted molar refractivity (Wildman–Crippen MR) is 179 cm³/mol. The third-order valence-electron chi connectivity index (χ3n) is 15.0. The molecule has 7 fully saturated rings. The summed E-state index contributed by atoms with van der Waals surface area (Å²) in [4.78, 5) is 27.4. The molecule has 5 N–H and O–H groups in total. The zero-order chi connectivity index (χ0) is 33.0. The molecule has 0 aromatic heterocycles. The molecule has 3 saturated heterocycles.